The number of nitrogens with zero attached hydrogens (tertiary/aromatic N) is 1. The van der Waals surface area contributed by atoms with Gasteiger partial charge in [-0.2, -0.15) is 0 Å². The highest BCUT2D eigenvalue weighted by Gasteiger charge is 2.44. The van der Waals surface area contributed by atoms with Crippen molar-refractivity contribution < 1.29 is 13.6 Å². The SMILES string of the molecule is NC1(C(=O)N2CCC(Cc3cc(F)cc(F)c3)C2)CCC1. The molecule has 1 saturated heterocycles. The van der Waals surface area contributed by atoms with Crippen LogP contribution in [-0.2, 0) is 11.2 Å². The van der Waals surface area contributed by atoms with E-state index in [0.717, 1.165) is 31.7 Å². The van der Waals surface area contributed by atoms with Crippen LogP contribution in [0.2, 0.25) is 0 Å². The molecule has 0 aromatic heterocycles. The molecule has 2 aliphatic rings. The molecule has 114 valence electrons. The van der Waals surface area contributed by atoms with Crippen molar-refractivity contribution in [2.75, 3.05) is 13.1 Å². The highest BCUT2D eigenvalue weighted by Crippen LogP contribution is 2.33. The van der Waals surface area contributed by atoms with Gasteiger partial charge in [-0.3, -0.25) is 4.79 Å². The number of halogens is 2. The van der Waals surface area contributed by atoms with Crippen LogP contribution in [0.3, 0.4) is 0 Å². The van der Waals surface area contributed by atoms with Crippen LogP contribution in [0, 0.1) is 17.6 Å². The predicted molar refractivity (Wildman–Crippen MR) is 75.5 cm³/mol. The first-order valence-corrected chi connectivity index (χ1v) is 7.49. The largest absolute Gasteiger partial charge is 0.341 e. The van der Waals surface area contributed by atoms with Crippen molar-refractivity contribution in [1.29, 1.82) is 0 Å². The van der Waals surface area contributed by atoms with Crippen LogP contribution >= 0.6 is 0 Å². The lowest BCUT2D eigenvalue weighted by Gasteiger charge is -2.39. The highest BCUT2D eigenvalue weighted by molar-refractivity contribution is 5.87. The van der Waals surface area contributed by atoms with Crippen LogP contribution in [0.5, 0.6) is 0 Å². The van der Waals surface area contributed by atoms with Gasteiger partial charge in [0.05, 0.1) is 5.54 Å². The van der Waals surface area contributed by atoms with Gasteiger partial charge in [0.2, 0.25) is 5.91 Å². The molecule has 0 bridgehead atoms. The van der Waals surface area contributed by atoms with Crippen molar-refractivity contribution in [2.24, 2.45) is 11.7 Å². The molecule has 1 aromatic rings. The zero-order chi connectivity index (χ0) is 15.0. The van der Waals surface area contributed by atoms with Crippen LogP contribution in [0.15, 0.2) is 18.2 Å². The molecule has 1 unspecified atom stereocenters. The maximum absolute atomic E-state index is 13.2. The van der Waals surface area contributed by atoms with E-state index in [9.17, 15) is 13.6 Å². The van der Waals surface area contributed by atoms with Crippen LogP contribution in [0.4, 0.5) is 8.78 Å². The number of nitrogens with two attached hydrogens (primary N) is 1. The molecule has 1 aromatic carbocycles. The summed E-state index contributed by atoms with van der Waals surface area (Å²) in [6.45, 7) is 1.33. The number of rotatable bonds is 3. The molecule has 1 heterocycles. The normalized spacial score (nSPS) is 24.0. The molecule has 0 radical (unpaired) electrons. The molecule has 5 heteroatoms. The first-order chi connectivity index (χ1) is 9.96. The van der Waals surface area contributed by atoms with Crippen LogP contribution in [0.25, 0.3) is 0 Å². The van der Waals surface area contributed by atoms with Crippen molar-refractivity contribution in [2.45, 2.75) is 37.6 Å². The summed E-state index contributed by atoms with van der Waals surface area (Å²) in [5.74, 6) is -0.807. The van der Waals surface area contributed by atoms with Gasteiger partial charge in [0.1, 0.15) is 11.6 Å². The Balaban J connectivity index is 1.60. The molecule has 1 atom stereocenters. The molecule has 1 aliphatic heterocycles. The standard InChI is InChI=1S/C16H20F2N2O/c17-13-7-12(8-14(18)9-13)6-11-2-5-20(10-11)15(21)16(19)3-1-4-16/h7-9,11H,1-6,10,19H2. The van der Waals surface area contributed by atoms with E-state index in [-0.39, 0.29) is 11.8 Å². The Kier molecular flexibility index (Phi) is 3.69. The fraction of sp³-hybridized carbons (Fsp3) is 0.562. The smallest absolute Gasteiger partial charge is 0.242 e. The number of amides is 1. The maximum atomic E-state index is 13.2. The fourth-order valence-electron chi connectivity index (χ4n) is 3.33. The molecule has 3 rings (SSSR count). The van der Waals surface area contributed by atoms with E-state index >= 15 is 0 Å². The third-order valence-corrected chi connectivity index (χ3v) is 4.69. The highest BCUT2D eigenvalue weighted by atomic mass is 19.1. The van der Waals surface area contributed by atoms with Crippen LogP contribution in [0.1, 0.15) is 31.2 Å². The summed E-state index contributed by atoms with van der Waals surface area (Å²) in [5, 5.41) is 0. The quantitative estimate of drug-likeness (QED) is 0.929. The number of hydrogen-bond donors (Lipinski definition) is 1. The molecule has 1 amide bonds. The lowest BCUT2D eigenvalue weighted by Crippen LogP contribution is -2.59. The second kappa shape index (κ2) is 5.37. The van der Waals surface area contributed by atoms with E-state index in [0.29, 0.717) is 25.1 Å². The van der Waals surface area contributed by atoms with E-state index < -0.39 is 17.2 Å². The van der Waals surface area contributed by atoms with Gasteiger partial charge < -0.3 is 10.6 Å². The molecule has 21 heavy (non-hydrogen) atoms. The van der Waals surface area contributed by atoms with E-state index in [2.05, 4.69) is 0 Å². The van der Waals surface area contributed by atoms with E-state index in [1.807, 2.05) is 4.90 Å². The second-order valence-corrected chi connectivity index (χ2v) is 6.40. The summed E-state index contributed by atoms with van der Waals surface area (Å²) in [6.07, 6.45) is 4.00. The van der Waals surface area contributed by atoms with Crippen molar-refractivity contribution >= 4 is 5.91 Å². The van der Waals surface area contributed by atoms with Gasteiger partial charge in [0, 0.05) is 19.2 Å². The van der Waals surface area contributed by atoms with Gasteiger partial charge in [0.25, 0.3) is 0 Å². The third-order valence-electron chi connectivity index (χ3n) is 4.69. The Labute approximate surface area is 123 Å². The Morgan fingerprint density at radius 2 is 1.95 bits per heavy atom. The molecule has 3 nitrogen and oxygen atoms in total. The lowest BCUT2D eigenvalue weighted by atomic mass is 9.76. The van der Waals surface area contributed by atoms with Crippen molar-refractivity contribution in [1.82, 2.24) is 4.90 Å². The summed E-state index contributed by atoms with van der Waals surface area (Å²) in [7, 11) is 0. The van der Waals surface area contributed by atoms with Crippen LogP contribution in [-0.4, -0.2) is 29.4 Å². The van der Waals surface area contributed by atoms with Crippen molar-refractivity contribution in [3.05, 3.63) is 35.4 Å². The summed E-state index contributed by atoms with van der Waals surface area (Å²) in [5.41, 5.74) is 6.07. The van der Waals surface area contributed by atoms with E-state index in [1.54, 1.807) is 0 Å². The average molecular weight is 294 g/mol. The van der Waals surface area contributed by atoms with Gasteiger partial charge >= 0.3 is 0 Å². The van der Waals surface area contributed by atoms with Gasteiger partial charge in [-0.15, -0.1) is 0 Å². The molecule has 2 fully saturated rings. The minimum absolute atomic E-state index is 0.0432. The number of carbonyl (C=O) groups is 1. The summed E-state index contributed by atoms with van der Waals surface area (Å²) < 4.78 is 26.4. The average Bonchev–Trinajstić information content (AvgIpc) is 2.82. The van der Waals surface area contributed by atoms with E-state index in [4.69, 9.17) is 5.73 Å². The Morgan fingerprint density at radius 3 is 2.52 bits per heavy atom. The summed E-state index contributed by atoms with van der Waals surface area (Å²) in [6, 6.07) is 3.61. The number of benzene rings is 1. The van der Waals surface area contributed by atoms with E-state index in [1.165, 1.54) is 12.1 Å². The molecule has 1 saturated carbocycles. The minimum Gasteiger partial charge on any atom is -0.341 e. The van der Waals surface area contributed by atoms with Gasteiger partial charge in [-0.1, -0.05) is 0 Å². The molecular weight excluding hydrogens is 274 g/mol. The zero-order valence-electron chi connectivity index (χ0n) is 11.9. The molecule has 0 spiro atoms. The van der Waals surface area contributed by atoms with Gasteiger partial charge in [-0.05, 0) is 55.7 Å². The first-order valence-electron chi connectivity index (χ1n) is 7.49. The molecule has 1 aliphatic carbocycles. The van der Waals surface area contributed by atoms with Crippen LogP contribution < -0.4 is 5.73 Å². The molecule has 2 N–H and O–H groups in total. The Hall–Kier alpha value is -1.49. The maximum Gasteiger partial charge on any atom is 0.242 e. The second-order valence-electron chi connectivity index (χ2n) is 6.40. The van der Waals surface area contributed by atoms with Gasteiger partial charge in [-0.25, -0.2) is 8.78 Å². The van der Waals surface area contributed by atoms with Crippen molar-refractivity contribution in [3.63, 3.8) is 0 Å². The summed E-state index contributed by atoms with van der Waals surface area (Å²) >= 11 is 0. The lowest BCUT2D eigenvalue weighted by molar-refractivity contribution is -0.139. The number of likely N-dealkylation sites (tertiary alicyclic amines) is 1. The van der Waals surface area contributed by atoms with Gasteiger partial charge in [0.15, 0.2) is 0 Å². The molecular formula is C16H20F2N2O. The Morgan fingerprint density at radius 1 is 1.29 bits per heavy atom. The minimum atomic E-state index is -0.653. The number of hydrogen-bond acceptors (Lipinski definition) is 2. The predicted octanol–water partition coefficient (Wildman–Crippen LogP) is 2.24. The first kappa shape index (κ1) is 14.4. The summed E-state index contributed by atoms with van der Waals surface area (Å²) in [4.78, 5) is 14.2. The third kappa shape index (κ3) is 2.93. The van der Waals surface area contributed by atoms with Crippen molar-refractivity contribution in [3.8, 4) is 0 Å². The topological polar surface area (TPSA) is 46.3 Å². The Bertz CT molecular complexity index is 537. The zero-order valence-corrected chi connectivity index (χ0v) is 11.9. The monoisotopic (exact) mass is 294 g/mol. The number of carbonyl (C=O) groups excluding carboxylic acids is 1. The fourth-order valence-corrected chi connectivity index (χ4v) is 3.33.